The maximum Gasteiger partial charge on any atom is 0.255 e. The number of carbonyl (C=O) groups excluding carboxylic acids is 1. The van der Waals surface area contributed by atoms with E-state index >= 15 is 0 Å². The van der Waals surface area contributed by atoms with Crippen molar-refractivity contribution in [3.05, 3.63) is 59.4 Å². The van der Waals surface area contributed by atoms with Crippen LogP contribution in [0.2, 0.25) is 0 Å². The fourth-order valence-corrected chi connectivity index (χ4v) is 3.68. The molecule has 0 fully saturated rings. The Balaban J connectivity index is 1.62. The second-order valence-electron chi connectivity index (χ2n) is 6.28. The Morgan fingerprint density at radius 3 is 2.68 bits per heavy atom. The monoisotopic (exact) mass is 393 g/mol. The molecule has 1 amide bonds. The number of rotatable bonds is 5. The molecule has 8 heteroatoms. The van der Waals surface area contributed by atoms with Gasteiger partial charge in [0.05, 0.1) is 7.11 Å². The summed E-state index contributed by atoms with van der Waals surface area (Å²) in [5.74, 6) is 1.37. The van der Waals surface area contributed by atoms with Gasteiger partial charge in [0.1, 0.15) is 10.8 Å². The van der Waals surface area contributed by atoms with Crippen LogP contribution in [0.1, 0.15) is 28.7 Å². The molecular weight excluding hydrogens is 374 g/mol. The van der Waals surface area contributed by atoms with Crippen LogP contribution in [0.4, 0.5) is 5.69 Å². The van der Waals surface area contributed by atoms with Crippen LogP contribution < -0.4 is 10.1 Å². The van der Waals surface area contributed by atoms with E-state index in [4.69, 9.17) is 4.74 Å². The maximum atomic E-state index is 12.6. The van der Waals surface area contributed by atoms with Crippen molar-refractivity contribution in [3.8, 4) is 16.3 Å². The fraction of sp³-hybridized carbons (Fsp3) is 0.200. The van der Waals surface area contributed by atoms with Crippen molar-refractivity contribution in [2.45, 2.75) is 20.3 Å². The summed E-state index contributed by atoms with van der Waals surface area (Å²) in [6, 6.07) is 12.9. The van der Waals surface area contributed by atoms with E-state index in [2.05, 4.69) is 20.6 Å². The van der Waals surface area contributed by atoms with Crippen molar-refractivity contribution < 1.29 is 9.53 Å². The number of anilines is 1. The molecule has 4 rings (SSSR count). The second kappa shape index (κ2) is 7.40. The molecule has 0 unspecified atom stereocenters. The third-order valence-corrected chi connectivity index (χ3v) is 5.40. The molecule has 2 aromatic carbocycles. The van der Waals surface area contributed by atoms with Gasteiger partial charge >= 0.3 is 0 Å². The number of carbonyl (C=O) groups is 1. The predicted octanol–water partition coefficient (Wildman–Crippen LogP) is 3.98. The highest BCUT2D eigenvalue weighted by atomic mass is 32.1. The van der Waals surface area contributed by atoms with Gasteiger partial charge < -0.3 is 10.1 Å². The number of nitrogens with one attached hydrogen (secondary N) is 1. The van der Waals surface area contributed by atoms with E-state index in [-0.39, 0.29) is 5.91 Å². The van der Waals surface area contributed by atoms with Crippen LogP contribution in [0.5, 0.6) is 5.75 Å². The summed E-state index contributed by atoms with van der Waals surface area (Å²) in [6.45, 7) is 3.98. The van der Waals surface area contributed by atoms with E-state index in [1.807, 2.05) is 32.0 Å². The molecule has 0 aliphatic carbocycles. The number of methoxy groups -OCH3 is 1. The average molecular weight is 393 g/mol. The quantitative estimate of drug-likeness (QED) is 0.555. The van der Waals surface area contributed by atoms with Crippen molar-refractivity contribution in [2.24, 2.45) is 0 Å². The van der Waals surface area contributed by atoms with Gasteiger partial charge in [0.15, 0.2) is 5.82 Å². The van der Waals surface area contributed by atoms with Crippen LogP contribution in [0.25, 0.3) is 15.5 Å². The minimum Gasteiger partial charge on any atom is -0.497 e. The van der Waals surface area contributed by atoms with Gasteiger partial charge in [-0.2, -0.15) is 9.61 Å². The van der Waals surface area contributed by atoms with Gasteiger partial charge in [-0.15, -0.1) is 10.2 Å². The number of ether oxygens (including phenoxy) is 1. The van der Waals surface area contributed by atoms with Gasteiger partial charge in [-0.05, 0) is 42.8 Å². The minimum atomic E-state index is -0.172. The summed E-state index contributed by atoms with van der Waals surface area (Å²) in [5, 5.41) is 16.7. The minimum absolute atomic E-state index is 0.172. The molecule has 1 N–H and O–H groups in total. The molecule has 0 bridgehead atoms. The summed E-state index contributed by atoms with van der Waals surface area (Å²) >= 11 is 1.47. The molecule has 0 spiro atoms. The smallest absolute Gasteiger partial charge is 0.255 e. The van der Waals surface area contributed by atoms with Crippen molar-refractivity contribution in [2.75, 3.05) is 12.4 Å². The van der Waals surface area contributed by atoms with Crippen LogP contribution in [-0.4, -0.2) is 32.8 Å². The third-order valence-electron chi connectivity index (χ3n) is 4.46. The van der Waals surface area contributed by atoms with Gasteiger partial charge in [-0.25, -0.2) is 0 Å². The van der Waals surface area contributed by atoms with Gasteiger partial charge in [0.25, 0.3) is 5.91 Å². The highest BCUT2D eigenvalue weighted by Gasteiger charge is 2.14. The molecule has 7 nitrogen and oxygen atoms in total. The Bertz CT molecular complexity index is 1150. The summed E-state index contributed by atoms with van der Waals surface area (Å²) in [5.41, 5.74) is 3.22. The van der Waals surface area contributed by atoms with E-state index < -0.39 is 0 Å². The molecule has 28 heavy (non-hydrogen) atoms. The van der Waals surface area contributed by atoms with Crippen LogP contribution in [0, 0.1) is 6.92 Å². The lowest BCUT2D eigenvalue weighted by molar-refractivity contribution is 0.102. The Kier molecular flexibility index (Phi) is 4.79. The summed E-state index contributed by atoms with van der Waals surface area (Å²) in [7, 11) is 1.60. The summed E-state index contributed by atoms with van der Waals surface area (Å²) in [6.07, 6.45) is 0.765. The molecule has 0 saturated heterocycles. The number of aromatic nitrogens is 4. The number of aryl methyl sites for hydroxylation is 2. The largest absolute Gasteiger partial charge is 0.497 e. The predicted molar refractivity (Wildman–Crippen MR) is 109 cm³/mol. The van der Waals surface area contributed by atoms with Crippen LogP contribution in [-0.2, 0) is 6.42 Å². The highest BCUT2D eigenvalue weighted by molar-refractivity contribution is 7.19. The Morgan fingerprint density at radius 1 is 1.18 bits per heavy atom. The fourth-order valence-electron chi connectivity index (χ4n) is 2.82. The van der Waals surface area contributed by atoms with Crippen molar-refractivity contribution in [1.82, 2.24) is 19.8 Å². The molecule has 0 atom stereocenters. The Morgan fingerprint density at radius 2 is 1.96 bits per heavy atom. The lowest BCUT2D eigenvalue weighted by atomic mass is 10.1. The molecule has 142 valence electrons. The average Bonchev–Trinajstić information content (AvgIpc) is 3.30. The lowest BCUT2D eigenvalue weighted by Crippen LogP contribution is -2.12. The van der Waals surface area contributed by atoms with Gasteiger partial charge in [-0.3, -0.25) is 4.79 Å². The standard InChI is InChI=1S/C20H19N5O2S/c1-4-17-22-23-20-25(17)24-19(28-20)14-6-5-12(2)16(11-14)21-18(26)13-7-9-15(27-3)10-8-13/h5-11H,4H2,1-3H3,(H,21,26). The summed E-state index contributed by atoms with van der Waals surface area (Å²) in [4.78, 5) is 13.4. The molecule has 4 aromatic rings. The third kappa shape index (κ3) is 3.34. The molecule has 2 heterocycles. The first-order valence-electron chi connectivity index (χ1n) is 8.86. The van der Waals surface area contributed by atoms with Gasteiger partial charge in [0.2, 0.25) is 4.96 Å². The van der Waals surface area contributed by atoms with Crippen LogP contribution in [0.3, 0.4) is 0 Å². The van der Waals surface area contributed by atoms with E-state index in [1.54, 1.807) is 35.9 Å². The van der Waals surface area contributed by atoms with Gasteiger partial charge in [-0.1, -0.05) is 30.4 Å². The normalized spacial score (nSPS) is 11.0. The number of nitrogens with zero attached hydrogens (tertiary/aromatic N) is 4. The molecule has 0 saturated carbocycles. The number of fused-ring (bicyclic) bond motifs is 1. The van der Waals surface area contributed by atoms with Crippen molar-refractivity contribution >= 4 is 27.9 Å². The zero-order valence-electron chi connectivity index (χ0n) is 15.8. The van der Waals surface area contributed by atoms with Crippen molar-refractivity contribution in [3.63, 3.8) is 0 Å². The lowest BCUT2D eigenvalue weighted by Gasteiger charge is -2.10. The molecule has 0 aliphatic heterocycles. The zero-order valence-corrected chi connectivity index (χ0v) is 16.6. The number of hydrogen-bond donors (Lipinski definition) is 1. The van der Waals surface area contributed by atoms with E-state index in [0.29, 0.717) is 11.3 Å². The van der Waals surface area contributed by atoms with Crippen LogP contribution in [0.15, 0.2) is 42.5 Å². The molecular formula is C20H19N5O2S. The Labute approximate surface area is 166 Å². The first-order valence-corrected chi connectivity index (χ1v) is 9.68. The molecule has 0 radical (unpaired) electrons. The molecule has 0 aliphatic rings. The van der Waals surface area contributed by atoms with Crippen molar-refractivity contribution in [1.29, 1.82) is 0 Å². The SMILES string of the molecule is CCc1nnc2sc(-c3ccc(C)c(NC(=O)c4ccc(OC)cc4)c3)nn12. The number of benzene rings is 2. The van der Waals surface area contributed by atoms with E-state index in [0.717, 1.165) is 39.0 Å². The van der Waals surface area contributed by atoms with Gasteiger partial charge in [0, 0.05) is 23.2 Å². The first kappa shape index (κ1) is 18.1. The maximum absolute atomic E-state index is 12.6. The number of hydrogen-bond acceptors (Lipinski definition) is 6. The summed E-state index contributed by atoms with van der Waals surface area (Å²) < 4.78 is 6.91. The Hall–Kier alpha value is -3.26. The highest BCUT2D eigenvalue weighted by Crippen LogP contribution is 2.29. The topological polar surface area (TPSA) is 81.4 Å². The molecule has 2 aromatic heterocycles. The number of amides is 1. The van der Waals surface area contributed by atoms with E-state index in [1.165, 1.54) is 11.3 Å². The second-order valence-corrected chi connectivity index (χ2v) is 7.24. The first-order chi connectivity index (χ1) is 13.6. The zero-order chi connectivity index (χ0) is 19.7. The van der Waals surface area contributed by atoms with E-state index in [9.17, 15) is 4.79 Å². The van der Waals surface area contributed by atoms with Crippen LogP contribution >= 0.6 is 11.3 Å².